The van der Waals surface area contributed by atoms with Crippen molar-refractivity contribution in [2.24, 2.45) is 0 Å². The monoisotopic (exact) mass is 468 g/mol. The summed E-state index contributed by atoms with van der Waals surface area (Å²) < 4.78 is 2.95. The van der Waals surface area contributed by atoms with Gasteiger partial charge in [-0.1, -0.05) is 44.7 Å². The zero-order chi connectivity index (χ0) is 16.9. The third-order valence-corrected chi connectivity index (χ3v) is 5.73. The van der Waals surface area contributed by atoms with Crippen molar-refractivity contribution in [3.8, 4) is 0 Å². The van der Waals surface area contributed by atoms with Crippen molar-refractivity contribution in [1.29, 1.82) is 0 Å². The van der Waals surface area contributed by atoms with E-state index in [1.165, 1.54) is 29.7 Å². The number of hydrogen-bond donors (Lipinski definition) is 1. The summed E-state index contributed by atoms with van der Waals surface area (Å²) in [6.45, 7) is 0. The number of benzene rings is 1. The maximum atomic E-state index is 11.9. The van der Waals surface area contributed by atoms with Gasteiger partial charge in [-0.05, 0) is 54.5 Å². The predicted octanol–water partition coefficient (Wildman–Crippen LogP) is 5.86. The molecule has 3 aromatic rings. The van der Waals surface area contributed by atoms with E-state index in [9.17, 15) is 4.79 Å². The molecule has 0 fully saturated rings. The van der Waals surface area contributed by atoms with Gasteiger partial charge >= 0.3 is 0 Å². The number of H-pyrrole nitrogens is 1. The molecular formula is C18H18Br2N2OS. The van der Waals surface area contributed by atoms with E-state index in [-0.39, 0.29) is 5.56 Å². The summed E-state index contributed by atoms with van der Waals surface area (Å²) in [5.74, 6) is 0.807. The molecule has 6 heteroatoms. The highest BCUT2D eigenvalue weighted by Crippen LogP contribution is 2.21. The van der Waals surface area contributed by atoms with E-state index in [1.54, 1.807) is 0 Å². The summed E-state index contributed by atoms with van der Waals surface area (Å²) in [5.41, 5.74) is 2.16. The van der Waals surface area contributed by atoms with Crippen LogP contribution in [0, 0.1) is 0 Å². The number of unbranched alkanes of at least 4 members (excludes halogenated alkanes) is 3. The number of aromatic nitrogens is 2. The Kier molecular flexibility index (Phi) is 6.25. The fraction of sp³-hybridized carbons (Fsp3) is 0.333. The minimum absolute atomic E-state index is 0.00904. The van der Waals surface area contributed by atoms with E-state index in [0.29, 0.717) is 0 Å². The Hall–Kier alpha value is -0.980. The number of aryl methyl sites for hydroxylation is 2. The average Bonchev–Trinajstić information content (AvgIpc) is 2.99. The summed E-state index contributed by atoms with van der Waals surface area (Å²) >= 11 is 8.50. The average molecular weight is 470 g/mol. The number of thiophene rings is 1. The van der Waals surface area contributed by atoms with Crippen LogP contribution in [0.25, 0.3) is 10.2 Å². The Bertz CT molecular complexity index is 868. The lowest BCUT2D eigenvalue weighted by Crippen LogP contribution is -2.10. The minimum Gasteiger partial charge on any atom is -0.309 e. The van der Waals surface area contributed by atoms with Gasteiger partial charge in [0.25, 0.3) is 5.56 Å². The van der Waals surface area contributed by atoms with Crippen molar-refractivity contribution in [2.45, 2.75) is 38.5 Å². The molecule has 2 aromatic heterocycles. The Morgan fingerprint density at radius 2 is 1.71 bits per heavy atom. The van der Waals surface area contributed by atoms with E-state index < -0.39 is 0 Å². The lowest BCUT2D eigenvalue weighted by molar-refractivity contribution is 0.630. The van der Waals surface area contributed by atoms with Crippen molar-refractivity contribution in [3.05, 3.63) is 60.3 Å². The van der Waals surface area contributed by atoms with Crippen LogP contribution in [0.5, 0.6) is 0 Å². The molecular weight excluding hydrogens is 452 g/mol. The van der Waals surface area contributed by atoms with Crippen LogP contribution in [0.1, 0.15) is 37.1 Å². The second-order valence-electron chi connectivity index (χ2n) is 5.84. The van der Waals surface area contributed by atoms with E-state index in [0.717, 1.165) is 50.7 Å². The summed E-state index contributed by atoms with van der Waals surface area (Å²) in [6, 6.07) is 8.32. The van der Waals surface area contributed by atoms with Crippen LogP contribution in [0.3, 0.4) is 0 Å². The first-order chi connectivity index (χ1) is 11.6. The number of nitrogens with zero attached hydrogens (tertiary/aromatic N) is 1. The molecule has 1 N–H and O–H groups in total. The smallest absolute Gasteiger partial charge is 0.268 e. The predicted molar refractivity (Wildman–Crippen MR) is 108 cm³/mol. The fourth-order valence-corrected chi connectivity index (χ4v) is 4.88. The molecule has 0 saturated heterocycles. The van der Waals surface area contributed by atoms with Crippen molar-refractivity contribution in [2.75, 3.05) is 0 Å². The molecule has 0 unspecified atom stereocenters. The fourth-order valence-electron chi connectivity index (χ4n) is 2.77. The van der Waals surface area contributed by atoms with Gasteiger partial charge in [-0.2, -0.15) is 0 Å². The van der Waals surface area contributed by atoms with Crippen LogP contribution in [-0.4, -0.2) is 9.97 Å². The second kappa shape index (κ2) is 8.41. The van der Waals surface area contributed by atoms with Crippen molar-refractivity contribution < 1.29 is 0 Å². The number of aromatic amines is 1. The molecule has 24 heavy (non-hydrogen) atoms. The van der Waals surface area contributed by atoms with Gasteiger partial charge in [0.05, 0.1) is 5.52 Å². The zero-order valence-electron chi connectivity index (χ0n) is 13.1. The van der Waals surface area contributed by atoms with E-state index >= 15 is 0 Å². The highest BCUT2D eigenvalue weighted by atomic mass is 79.9. The molecule has 2 heterocycles. The molecule has 0 spiro atoms. The molecule has 3 rings (SSSR count). The Morgan fingerprint density at radius 3 is 2.46 bits per heavy atom. The zero-order valence-corrected chi connectivity index (χ0v) is 17.1. The first-order valence-corrected chi connectivity index (χ1v) is 10.5. The SMILES string of the molecule is O=c1[nH]c(CCCCCCc2cc(Br)cc(Br)c2)nc2ccsc12. The molecule has 126 valence electrons. The summed E-state index contributed by atoms with van der Waals surface area (Å²) in [7, 11) is 0. The van der Waals surface area contributed by atoms with Gasteiger partial charge in [-0.15, -0.1) is 11.3 Å². The van der Waals surface area contributed by atoms with E-state index in [4.69, 9.17) is 0 Å². The van der Waals surface area contributed by atoms with Gasteiger partial charge in [-0.25, -0.2) is 4.98 Å². The van der Waals surface area contributed by atoms with Crippen molar-refractivity contribution in [1.82, 2.24) is 9.97 Å². The van der Waals surface area contributed by atoms with Gasteiger partial charge in [-0.3, -0.25) is 4.79 Å². The molecule has 3 nitrogen and oxygen atoms in total. The third kappa shape index (κ3) is 4.77. The minimum atomic E-state index is -0.00904. The summed E-state index contributed by atoms with van der Waals surface area (Å²) in [5, 5.41) is 1.91. The Morgan fingerprint density at radius 1 is 1.00 bits per heavy atom. The largest absolute Gasteiger partial charge is 0.309 e. The van der Waals surface area contributed by atoms with Crippen LogP contribution in [0.15, 0.2) is 43.4 Å². The van der Waals surface area contributed by atoms with Crippen LogP contribution in [0.4, 0.5) is 0 Å². The number of fused-ring (bicyclic) bond motifs is 1. The highest BCUT2D eigenvalue weighted by Gasteiger charge is 2.05. The quantitative estimate of drug-likeness (QED) is 0.440. The first-order valence-electron chi connectivity index (χ1n) is 8.03. The molecule has 0 aliphatic carbocycles. The molecule has 0 atom stereocenters. The molecule has 0 aliphatic rings. The highest BCUT2D eigenvalue weighted by molar-refractivity contribution is 9.11. The molecule has 1 aromatic carbocycles. The maximum Gasteiger partial charge on any atom is 0.268 e. The first kappa shape index (κ1) is 17.8. The third-order valence-electron chi connectivity index (χ3n) is 3.92. The number of hydrogen-bond acceptors (Lipinski definition) is 3. The van der Waals surface area contributed by atoms with Gasteiger partial charge in [0, 0.05) is 15.4 Å². The number of halogens is 2. The van der Waals surface area contributed by atoms with Gasteiger partial charge in [0.2, 0.25) is 0 Å². The van der Waals surface area contributed by atoms with Gasteiger partial charge in [0.15, 0.2) is 0 Å². The van der Waals surface area contributed by atoms with Crippen LogP contribution in [-0.2, 0) is 12.8 Å². The van der Waals surface area contributed by atoms with E-state index in [2.05, 4.69) is 60.0 Å². The van der Waals surface area contributed by atoms with Crippen LogP contribution < -0.4 is 5.56 Å². The summed E-state index contributed by atoms with van der Waals surface area (Å²) in [6.07, 6.45) is 6.50. The lowest BCUT2D eigenvalue weighted by atomic mass is 10.1. The molecule has 0 aliphatic heterocycles. The van der Waals surface area contributed by atoms with Crippen LogP contribution in [0.2, 0.25) is 0 Å². The Balaban J connectivity index is 1.42. The Labute approximate surface area is 161 Å². The normalized spacial score (nSPS) is 11.2. The molecule has 0 bridgehead atoms. The van der Waals surface area contributed by atoms with Gasteiger partial charge < -0.3 is 4.98 Å². The maximum absolute atomic E-state index is 11.9. The topological polar surface area (TPSA) is 45.8 Å². The summed E-state index contributed by atoms with van der Waals surface area (Å²) in [4.78, 5) is 19.3. The molecule has 0 amide bonds. The molecule has 0 radical (unpaired) electrons. The number of nitrogens with one attached hydrogen (secondary N) is 1. The van der Waals surface area contributed by atoms with Crippen molar-refractivity contribution >= 4 is 53.4 Å². The second-order valence-corrected chi connectivity index (χ2v) is 8.59. The standard InChI is InChI=1S/C18H18Br2N2OS/c19-13-9-12(10-14(20)11-13)5-3-1-2-4-6-16-21-15-7-8-24-17(15)18(23)22-16/h7-11H,1-6H2,(H,21,22,23). The number of rotatable bonds is 7. The molecule has 0 saturated carbocycles. The van der Waals surface area contributed by atoms with E-state index in [1.807, 2.05) is 11.4 Å². The van der Waals surface area contributed by atoms with Crippen molar-refractivity contribution in [3.63, 3.8) is 0 Å². The lowest BCUT2D eigenvalue weighted by Gasteiger charge is -2.04. The van der Waals surface area contributed by atoms with Gasteiger partial charge in [0.1, 0.15) is 10.5 Å². The van der Waals surface area contributed by atoms with Crippen LogP contribution >= 0.6 is 43.2 Å².